The Bertz CT molecular complexity index is 806. The largest absolute Gasteiger partial charge is 0.417 e. The van der Waals surface area contributed by atoms with Crippen LogP contribution < -0.4 is 10.2 Å². The van der Waals surface area contributed by atoms with Crippen LogP contribution in [0.5, 0.6) is 0 Å². The lowest BCUT2D eigenvalue weighted by Gasteiger charge is -2.35. The van der Waals surface area contributed by atoms with Gasteiger partial charge in [0.2, 0.25) is 5.91 Å². The van der Waals surface area contributed by atoms with E-state index in [1.807, 2.05) is 40.3 Å². The Labute approximate surface area is 165 Å². The lowest BCUT2D eigenvalue weighted by Crippen LogP contribution is -2.48. The van der Waals surface area contributed by atoms with Gasteiger partial charge >= 0.3 is 6.18 Å². The maximum Gasteiger partial charge on any atom is 0.417 e. The van der Waals surface area contributed by atoms with Crippen molar-refractivity contribution in [3.8, 4) is 0 Å². The van der Waals surface area contributed by atoms with Crippen LogP contribution in [0.25, 0.3) is 0 Å². The van der Waals surface area contributed by atoms with E-state index in [-0.39, 0.29) is 12.5 Å². The summed E-state index contributed by atoms with van der Waals surface area (Å²) in [5.74, 6) is 0.436. The molecule has 28 heavy (non-hydrogen) atoms. The normalized spacial score (nSPS) is 15.5. The number of pyridine rings is 1. The van der Waals surface area contributed by atoms with Gasteiger partial charge in [0.05, 0.1) is 12.1 Å². The van der Waals surface area contributed by atoms with Crippen LogP contribution in [0.2, 0.25) is 0 Å². The number of halogens is 3. The van der Waals surface area contributed by atoms with Crippen LogP contribution in [0.1, 0.15) is 5.56 Å². The Balaban J connectivity index is 1.49. The van der Waals surface area contributed by atoms with Gasteiger partial charge in [-0.25, -0.2) is 4.98 Å². The van der Waals surface area contributed by atoms with E-state index in [4.69, 9.17) is 0 Å². The SMILES string of the molecule is CSc1cccc(NC(=O)CN2CCN(c3ccc(C(F)(F)F)cn3)CC2)c1. The van der Waals surface area contributed by atoms with Crippen molar-refractivity contribution in [3.63, 3.8) is 0 Å². The minimum absolute atomic E-state index is 0.0839. The first-order valence-corrected chi connectivity index (χ1v) is 10.0. The zero-order valence-electron chi connectivity index (χ0n) is 15.4. The summed E-state index contributed by atoms with van der Waals surface area (Å²) in [6, 6.07) is 10.1. The Hall–Kier alpha value is -2.26. The molecule has 1 aromatic heterocycles. The molecule has 1 amide bonds. The number of benzene rings is 1. The van der Waals surface area contributed by atoms with Crippen LogP contribution in [0.3, 0.4) is 0 Å². The molecule has 1 aliphatic heterocycles. The molecule has 150 valence electrons. The van der Waals surface area contributed by atoms with E-state index in [1.165, 1.54) is 6.07 Å². The second-order valence-electron chi connectivity index (χ2n) is 6.45. The third kappa shape index (κ3) is 5.39. The molecule has 1 fully saturated rings. The molecule has 1 aliphatic rings. The summed E-state index contributed by atoms with van der Waals surface area (Å²) in [7, 11) is 0. The van der Waals surface area contributed by atoms with Gasteiger partial charge in [0.15, 0.2) is 0 Å². The fourth-order valence-corrected chi connectivity index (χ4v) is 3.44. The third-order valence-corrected chi connectivity index (χ3v) is 5.22. The van der Waals surface area contributed by atoms with Gasteiger partial charge in [-0.05, 0) is 36.6 Å². The average Bonchev–Trinajstić information content (AvgIpc) is 2.68. The fraction of sp³-hybridized carbons (Fsp3) is 0.368. The number of amides is 1. The number of rotatable bonds is 5. The number of carbonyl (C=O) groups excluding carboxylic acids is 1. The van der Waals surface area contributed by atoms with E-state index in [9.17, 15) is 18.0 Å². The van der Waals surface area contributed by atoms with Gasteiger partial charge in [-0.2, -0.15) is 13.2 Å². The first kappa shape index (κ1) is 20.5. The van der Waals surface area contributed by atoms with Crippen molar-refractivity contribution in [1.29, 1.82) is 0 Å². The molecule has 0 atom stereocenters. The smallest absolute Gasteiger partial charge is 0.354 e. The van der Waals surface area contributed by atoms with E-state index in [1.54, 1.807) is 11.8 Å². The van der Waals surface area contributed by atoms with Gasteiger partial charge < -0.3 is 10.2 Å². The molecule has 0 spiro atoms. The molecule has 0 saturated carbocycles. The molecular weight excluding hydrogens is 389 g/mol. The van der Waals surface area contributed by atoms with Crippen LogP contribution in [0.4, 0.5) is 24.7 Å². The molecule has 0 bridgehead atoms. The van der Waals surface area contributed by atoms with Gasteiger partial charge in [-0.15, -0.1) is 11.8 Å². The zero-order valence-corrected chi connectivity index (χ0v) is 16.2. The molecule has 1 aromatic carbocycles. The number of hydrogen-bond donors (Lipinski definition) is 1. The molecular formula is C19H21F3N4OS. The predicted octanol–water partition coefficient (Wildman–Crippen LogP) is 3.58. The van der Waals surface area contributed by atoms with Crippen molar-refractivity contribution in [3.05, 3.63) is 48.2 Å². The first-order chi connectivity index (χ1) is 13.3. The molecule has 2 heterocycles. The molecule has 3 rings (SSSR count). The molecule has 0 radical (unpaired) electrons. The summed E-state index contributed by atoms with van der Waals surface area (Å²) in [4.78, 5) is 21.2. The van der Waals surface area contributed by atoms with Crippen molar-refractivity contribution in [2.45, 2.75) is 11.1 Å². The highest BCUT2D eigenvalue weighted by Crippen LogP contribution is 2.29. The number of aromatic nitrogens is 1. The van der Waals surface area contributed by atoms with Gasteiger partial charge in [0.25, 0.3) is 0 Å². The second kappa shape index (κ2) is 8.83. The highest BCUT2D eigenvalue weighted by Gasteiger charge is 2.31. The van der Waals surface area contributed by atoms with Crippen LogP contribution in [-0.4, -0.2) is 54.8 Å². The minimum Gasteiger partial charge on any atom is -0.354 e. The van der Waals surface area contributed by atoms with Gasteiger partial charge in [0, 0.05) is 43.0 Å². The topological polar surface area (TPSA) is 48.5 Å². The lowest BCUT2D eigenvalue weighted by atomic mass is 10.2. The maximum absolute atomic E-state index is 12.6. The summed E-state index contributed by atoms with van der Waals surface area (Å²) < 4.78 is 37.9. The quantitative estimate of drug-likeness (QED) is 0.764. The number of nitrogens with one attached hydrogen (secondary N) is 1. The Morgan fingerprint density at radius 3 is 2.54 bits per heavy atom. The lowest BCUT2D eigenvalue weighted by molar-refractivity contribution is -0.137. The maximum atomic E-state index is 12.6. The van der Waals surface area contributed by atoms with Gasteiger partial charge in [-0.3, -0.25) is 9.69 Å². The van der Waals surface area contributed by atoms with Crippen LogP contribution >= 0.6 is 11.8 Å². The number of nitrogens with zero attached hydrogens (tertiary/aromatic N) is 3. The average molecular weight is 410 g/mol. The monoisotopic (exact) mass is 410 g/mol. The minimum atomic E-state index is -4.38. The molecule has 1 saturated heterocycles. The van der Waals surface area contributed by atoms with Crippen LogP contribution in [0.15, 0.2) is 47.5 Å². The highest BCUT2D eigenvalue weighted by molar-refractivity contribution is 7.98. The van der Waals surface area contributed by atoms with Crippen molar-refractivity contribution in [2.75, 3.05) is 49.2 Å². The van der Waals surface area contributed by atoms with E-state index in [2.05, 4.69) is 10.3 Å². The summed E-state index contributed by atoms with van der Waals surface area (Å²) in [6.07, 6.45) is -1.54. The van der Waals surface area contributed by atoms with Crippen molar-refractivity contribution < 1.29 is 18.0 Å². The molecule has 9 heteroatoms. The molecule has 0 aliphatic carbocycles. The summed E-state index contributed by atoms with van der Waals surface area (Å²) in [5, 5.41) is 2.90. The number of anilines is 2. The van der Waals surface area contributed by atoms with E-state index < -0.39 is 11.7 Å². The summed E-state index contributed by atoms with van der Waals surface area (Å²) >= 11 is 1.61. The van der Waals surface area contributed by atoms with Crippen LogP contribution in [0, 0.1) is 0 Å². The standard InChI is InChI=1S/C19H21F3N4OS/c1-28-16-4-2-3-15(11-16)24-18(27)13-25-7-9-26(10-8-25)17-6-5-14(12-23-17)19(20,21)22/h2-6,11-12H,7-10,13H2,1H3,(H,24,27). The summed E-state index contributed by atoms with van der Waals surface area (Å²) in [5.41, 5.74) is 0.0153. The second-order valence-corrected chi connectivity index (χ2v) is 7.33. The predicted molar refractivity (Wildman–Crippen MR) is 105 cm³/mol. The number of thioether (sulfide) groups is 1. The zero-order chi connectivity index (χ0) is 20.1. The highest BCUT2D eigenvalue weighted by atomic mass is 32.2. The van der Waals surface area contributed by atoms with E-state index in [0.29, 0.717) is 32.0 Å². The Morgan fingerprint density at radius 2 is 1.93 bits per heavy atom. The molecule has 2 aromatic rings. The van der Waals surface area contributed by atoms with E-state index >= 15 is 0 Å². The number of carbonyl (C=O) groups is 1. The number of hydrogen-bond acceptors (Lipinski definition) is 5. The van der Waals surface area contributed by atoms with Crippen molar-refractivity contribution in [2.24, 2.45) is 0 Å². The van der Waals surface area contributed by atoms with Gasteiger partial charge in [-0.1, -0.05) is 6.07 Å². The molecule has 5 nitrogen and oxygen atoms in total. The van der Waals surface area contributed by atoms with Gasteiger partial charge in [0.1, 0.15) is 5.82 Å². The Morgan fingerprint density at radius 1 is 1.18 bits per heavy atom. The van der Waals surface area contributed by atoms with E-state index in [0.717, 1.165) is 22.8 Å². The molecule has 1 N–H and O–H groups in total. The number of piperazine rings is 1. The third-order valence-electron chi connectivity index (χ3n) is 4.49. The van der Waals surface area contributed by atoms with Crippen molar-refractivity contribution >= 4 is 29.2 Å². The molecule has 0 unspecified atom stereocenters. The fourth-order valence-electron chi connectivity index (χ4n) is 2.98. The number of alkyl halides is 3. The summed E-state index contributed by atoms with van der Waals surface area (Å²) in [6.45, 7) is 2.76. The Kier molecular flexibility index (Phi) is 6.46. The van der Waals surface area contributed by atoms with Crippen LogP contribution in [-0.2, 0) is 11.0 Å². The van der Waals surface area contributed by atoms with Crippen molar-refractivity contribution in [1.82, 2.24) is 9.88 Å². The first-order valence-electron chi connectivity index (χ1n) is 8.79.